The maximum absolute atomic E-state index is 13.2. The lowest BCUT2D eigenvalue weighted by Crippen LogP contribution is -2.45. The Bertz CT molecular complexity index is 1050. The highest BCUT2D eigenvalue weighted by Crippen LogP contribution is 2.20. The van der Waals surface area contributed by atoms with E-state index >= 15 is 0 Å². The lowest BCUT2D eigenvalue weighted by molar-refractivity contribution is 0.0174. The average molecular weight is 393 g/mol. The molecule has 0 aliphatic carbocycles. The predicted octanol–water partition coefficient (Wildman–Crippen LogP) is 2.00. The second-order valence-corrected chi connectivity index (χ2v) is 6.96. The third-order valence-electron chi connectivity index (χ3n) is 4.89. The Morgan fingerprint density at radius 2 is 1.66 bits per heavy atom. The molecule has 29 heavy (non-hydrogen) atoms. The lowest BCUT2D eigenvalue weighted by Gasteiger charge is -2.27. The van der Waals surface area contributed by atoms with Crippen LogP contribution in [0.15, 0.2) is 36.4 Å². The summed E-state index contributed by atoms with van der Waals surface area (Å²) in [4.78, 5) is 27.8. The summed E-state index contributed by atoms with van der Waals surface area (Å²) in [7, 11) is 0. The standard InChI is InChI=1S/C20H23N7O2/c1-4-24-17(13-14(2)21-24)19(28)25-11-8-12-26(25)20(29)18-15(3)22-27(23-18)16-9-6-5-7-10-16/h5-7,9-10,13H,4,8,11-12H2,1-3H3. The van der Waals surface area contributed by atoms with E-state index in [1.54, 1.807) is 17.7 Å². The molecule has 0 atom stereocenters. The van der Waals surface area contributed by atoms with Crippen LogP contribution in [0.4, 0.5) is 0 Å². The molecule has 9 nitrogen and oxygen atoms in total. The molecule has 4 rings (SSSR count). The molecule has 1 aliphatic rings. The van der Waals surface area contributed by atoms with Gasteiger partial charge >= 0.3 is 0 Å². The molecular formula is C20H23N7O2. The number of aryl methyl sites for hydroxylation is 3. The molecule has 3 aromatic rings. The van der Waals surface area contributed by atoms with Crippen molar-refractivity contribution in [3.05, 3.63) is 59.2 Å². The molecule has 150 valence electrons. The van der Waals surface area contributed by atoms with Gasteiger partial charge in [-0.05, 0) is 45.4 Å². The van der Waals surface area contributed by atoms with Gasteiger partial charge in [-0.1, -0.05) is 18.2 Å². The van der Waals surface area contributed by atoms with Crippen LogP contribution in [0, 0.1) is 13.8 Å². The van der Waals surface area contributed by atoms with Gasteiger partial charge in [-0.25, -0.2) is 10.0 Å². The number of nitrogens with zero attached hydrogens (tertiary/aromatic N) is 7. The van der Waals surface area contributed by atoms with Crippen molar-refractivity contribution in [1.82, 2.24) is 34.8 Å². The number of hydrazine groups is 1. The van der Waals surface area contributed by atoms with Crippen molar-refractivity contribution in [3.8, 4) is 5.69 Å². The van der Waals surface area contributed by atoms with E-state index < -0.39 is 0 Å². The van der Waals surface area contributed by atoms with Crippen molar-refractivity contribution in [3.63, 3.8) is 0 Å². The van der Waals surface area contributed by atoms with Crippen molar-refractivity contribution >= 4 is 11.8 Å². The van der Waals surface area contributed by atoms with Crippen LogP contribution in [0.1, 0.15) is 45.7 Å². The van der Waals surface area contributed by atoms with Crippen LogP contribution in [0.5, 0.6) is 0 Å². The summed E-state index contributed by atoms with van der Waals surface area (Å²) < 4.78 is 1.66. The summed E-state index contributed by atoms with van der Waals surface area (Å²) in [5.74, 6) is -0.554. The van der Waals surface area contributed by atoms with Crippen molar-refractivity contribution in [2.45, 2.75) is 33.7 Å². The Morgan fingerprint density at radius 1 is 0.966 bits per heavy atom. The normalized spacial score (nSPS) is 13.9. The fourth-order valence-electron chi connectivity index (χ4n) is 3.50. The molecule has 0 N–H and O–H groups in total. The number of benzene rings is 1. The number of hydrogen-bond acceptors (Lipinski definition) is 5. The largest absolute Gasteiger partial charge is 0.294 e. The molecule has 1 aromatic carbocycles. The minimum Gasteiger partial charge on any atom is -0.265 e. The molecule has 0 saturated carbocycles. The first kappa shape index (κ1) is 18.9. The Labute approximate surface area is 168 Å². The molecule has 9 heteroatoms. The molecule has 1 fully saturated rings. The summed E-state index contributed by atoms with van der Waals surface area (Å²) in [6, 6.07) is 11.2. The van der Waals surface area contributed by atoms with E-state index in [0.717, 1.165) is 11.4 Å². The van der Waals surface area contributed by atoms with Crippen LogP contribution in [-0.2, 0) is 6.54 Å². The van der Waals surface area contributed by atoms with E-state index in [0.29, 0.717) is 37.4 Å². The van der Waals surface area contributed by atoms with Crippen molar-refractivity contribution in [2.75, 3.05) is 13.1 Å². The van der Waals surface area contributed by atoms with Crippen LogP contribution in [0.3, 0.4) is 0 Å². The van der Waals surface area contributed by atoms with Crippen molar-refractivity contribution in [1.29, 1.82) is 0 Å². The van der Waals surface area contributed by atoms with E-state index in [1.807, 2.05) is 44.2 Å². The first-order valence-corrected chi connectivity index (χ1v) is 9.67. The lowest BCUT2D eigenvalue weighted by atomic mass is 10.3. The minimum absolute atomic E-state index is 0.230. The highest BCUT2D eigenvalue weighted by atomic mass is 16.2. The average Bonchev–Trinajstić information content (AvgIpc) is 3.45. The summed E-state index contributed by atoms with van der Waals surface area (Å²) in [5, 5.41) is 16.1. The highest BCUT2D eigenvalue weighted by molar-refractivity contribution is 5.98. The van der Waals surface area contributed by atoms with Gasteiger partial charge in [-0.2, -0.15) is 15.0 Å². The third-order valence-corrected chi connectivity index (χ3v) is 4.89. The number of hydrogen-bond donors (Lipinski definition) is 0. The summed E-state index contributed by atoms with van der Waals surface area (Å²) >= 11 is 0. The van der Waals surface area contributed by atoms with Crippen molar-refractivity contribution < 1.29 is 9.59 Å². The van der Waals surface area contributed by atoms with Crippen LogP contribution in [-0.4, -0.2) is 59.7 Å². The number of rotatable bonds is 4. The third kappa shape index (κ3) is 3.39. The zero-order valence-electron chi connectivity index (χ0n) is 16.7. The molecule has 1 aliphatic heterocycles. The van der Waals surface area contributed by atoms with Gasteiger partial charge in [0.25, 0.3) is 11.8 Å². The van der Waals surface area contributed by atoms with Gasteiger partial charge < -0.3 is 0 Å². The molecule has 2 aromatic heterocycles. The zero-order valence-corrected chi connectivity index (χ0v) is 16.7. The van der Waals surface area contributed by atoms with Gasteiger partial charge in [0, 0.05) is 19.6 Å². The second-order valence-electron chi connectivity index (χ2n) is 6.96. The quantitative estimate of drug-likeness (QED) is 0.676. The monoisotopic (exact) mass is 393 g/mol. The maximum Gasteiger partial charge on any atom is 0.294 e. The van der Waals surface area contributed by atoms with Gasteiger partial charge in [0.15, 0.2) is 5.69 Å². The molecule has 3 heterocycles. The highest BCUT2D eigenvalue weighted by Gasteiger charge is 2.35. The summed E-state index contributed by atoms with van der Waals surface area (Å²) in [6.45, 7) is 7.05. The first-order valence-electron chi connectivity index (χ1n) is 9.67. The minimum atomic E-state index is -0.324. The summed E-state index contributed by atoms with van der Waals surface area (Å²) in [5.41, 5.74) is 2.79. The molecular weight excluding hydrogens is 370 g/mol. The molecule has 0 bridgehead atoms. The van der Waals surface area contributed by atoms with Gasteiger partial charge in [-0.3, -0.25) is 14.3 Å². The number of carbonyl (C=O) groups excluding carboxylic acids is 2. The van der Waals surface area contributed by atoms with E-state index in [-0.39, 0.29) is 17.5 Å². The number of amides is 2. The SMILES string of the molecule is CCn1nc(C)cc1C(=O)N1CCCN1C(=O)c1nn(-c2ccccc2)nc1C. The van der Waals surface area contributed by atoms with Crippen LogP contribution in [0.2, 0.25) is 0 Å². The predicted molar refractivity (Wildman–Crippen MR) is 105 cm³/mol. The van der Waals surface area contributed by atoms with E-state index in [4.69, 9.17) is 0 Å². The van der Waals surface area contributed by atoms with Crippen molar-refractivity contribution in [2.24, 2.45) is 0 Å². The van der Waals surface area contributed by atoms with Gasteiger partial charge in [0.2, 0.25) is 0 Å². The summed E-state index contributed by atoms with van der Waals surface area (Å²) in [6.07, 6.45) is 0.711. The van der Waals surface area contributed by atoms with Crippen LogP contribution >= 0.6 is 0 Å². The maximum atomic E-state index is 13.2. The van der Waals surface area contributed by atoms with Gasteiger partial charge in [-0.15, -0.1) is 5.10 Å². The molecule has 0 spiro atoms. The number of carbonyl (C=O) groups is 2. The van der Waals surface area contributed by atoms with E-state index in [2.05, 4.69) is 15.3 Å². The Hall–Kier alpha value is -3.49. The Morgan fingerprint density at radius 3 is 2.34 bits per heavy atom. The van der Waals surface area contributed by atoms with E-state index in [9.17, 15) is 9.59 Å². The van der Waals surface area contributed by atoms with Gasteiger partial charge in [0.05, 0.1) is 17.1 Å². The molecule has 2 amide bonds. The zero-order chi connectivity index (χ0) is 20.5. The van der Waals surface area contributed by atoms with Crippen LogP contribution < -0.4 is 0 Å². The smallest absolute Gasteiger partial charge is 0.265 e. The van der Waals surface area contributed by atoms with Crippen LogP contribution in [0.25, 0.3) is 5.69 Å². The van der Waals surface area contributed by atoms with Gasteiger partial charge in [0.1, 0.15) is 5.69 Å². The fourth-order valence-corrected chi connectivity index (χ4v) is 3.50. The number of aromatic nitrogens is 5. The Kier molecular flexibility index (Phi) is 4.87. The topological polar surface area (TPSA) is 89.2 Å². The van der Waals surface area contributed by atoms with E-state index in [1.165, 1.54) is 14.8 Å². The first-order chi connectivity index (χ1) is 14.0. The Balaban J connectivity index is 1.61. The fraction of sp³-hybridized carbons (Fsp3) is 0.350. The molecule has 1 saturated heterocycles. The molecule has 0 unspecified atom stereocenters. The molecule has 0 radical (unpaired) electrons. The number of para-hydroxylation sites is 1. The second kappa shape index (κ2) is 7.50.